The zero-order valence-electron chi connectivity index (χ0n) is 13.1. The molecule has 3 nitrogen and oxygen atoms in total. The zero-order chi connectivity index (χ0) is 15.1. The first-order valence-electron chi connectivity index (χ1n) is 7.52. The minimum Gasteiger partial charge on any atom is -1.00 e. The molecular formula is C18H22INO2. The van der Waals surface area contributed by atoms with Gasteiger partial charge < -0.3 is 28.7 Å². The zero-order valence-corrected chi connectivity index (χ0v) is 15.2. The van der Waals surface area contributed by atoms with E-state index in [2.05, 4.69) is 6.92 Å². The first kappa shape index (κ1) is 18.6. The van der Waals surface area contributed by atoms with E-state index in [0.717, 1.165) is 30.5 Å². The summed E-state index contributed by atoms with van der Waals surface area (Å²) in [6, 6.07) is 11.9. The molecule has 0 N–H and O–H groups in total. The molecule has 0 amide bonds. The summed E-state index contributed by atoms with van der Waals surface area (Å²) in [6.07, 6.45) is 5.78. The number of unbranched alkanes of at least 4 members (excludes halogenated alkanes) is 1. The number of hydrogen-bond donors (Lipinski definition) is 0. The molecule has 0 unspecified atom stereocenters. The Labute approximate surface area is 149 Å². The van der Waals surface area contributed by atoms with E-state index in [1.807, 2.05) is 60.3 Å². The maximum atomic E-state index is 12.3. The van der Waals surface area contributed by atoms with Gasteiger partial charge >= 0.3 is 5.97 Å². The highest BCUT2D eigenvalue weighted by atomic mass is 127. The summed E-state index contributed by atoms with van der Waals surface area (Å²) < 4.78 is 7.37. The number of carbonyl (C=O) groups is 1. The second-order valence-electron chi connectivity index (χ2n) is 4.96. The van der Waals surface area contributed by atoms with Crippen LogP contribution in [-0.2, 0) is 11.3 Å². The normalized spacial score (nSPS) is 9.91. The van der Waals surface area contributed by atoms with Crippen molar-refractivity contribution in [1.29, 1.82) is 0 Å². The molecule has 0 spiro atoms. The highest BCUT2D eigenvalue weighted by Crippen LogP contribution is 2.22. The Morgan fingerprint density at radius 2 is 1.86 bits per heavy atom. The van der Waals surface area contributed by atoms with E-state index in [1.165, 1.54) is 0 Å². The number of rotatable bonds is 6. The Morgan fingerprint density at radius 1 is 1.14 bits per heavy atom. The van der Waals surface area contributed by atoms with Gasteiger partial charge in [0, 0.05) is 11.6 Å². The van der Waals surface area contributed by atoms with Crippen molar-refractivity contribution in [2.24, 2.45) is 0 Å². The van der Waals surface area contributed by atoms with Crippen LogP contribution in [0.1, 0.15) is 37.0 Å². The molecule has 2 rings (SSSR count). The number of ether oxygens (including phenoxy) is 1. The average molecular weight is 411 g/mol. The van der Waals surface area contributed by atoms with Crippen molar-refractivity contribution in [3.8, 4) is 11.1 Å². The lowest BCUT2D eigenvalue weighted by atomic mass is 10.0. The van der Waals surface area contributed by atoms with E-state index in [4.69, 9.17) is 4.74 Å². The Hall–Kier alpha value is -1.43. The minimum absolute atomic E-state index is 0. The summed E-state index contributed by atoms with van der Waals surface area (Å²) in [5.74, 6) is -0.245. The molecule has 1 aromatic heterocycles. The third-order valence-corrected chi connectivity index (χ3v) is 3.42. The van der Waals surface area contributed by atoms with Crippen molar-refractivity contribution in [3.05, 3.63) is 54.4 Å². The highest BCUT2D eigenvalue weighted by molar-refractivity contribution is 5.96. The van der Waals surface area contributed by atoms with Gasteiger partial charge in [-0.1, -0.05) is 43.7 Å². The fraction of sp³-hybridized carbons (Fsp3) is 0.333. The second-order valence-corrected chi connectivity index (χ2v) is 4.96. The van der Waals surface area contributed by atoms with Gasteiger partial charge in [-0.3, -0.25) is 0 Å². The summed E-state index contributed by atoms with van der Waals surface area (Å²) in [5.41, 5.74) is 2.58. The molecule has 0 aliphatic rings. The molecule has 2 aromatic rings. The summed E-state index contributed by atoms with van der Waals surface area (Å²) in [4.78, 5) is 12.3. The monoisotopic (exact) mass is 411 g/mol. The number of benzene rings is 1. The van der Waals surface area contributed by atoms with Gasteiger partial charge in [-0.25, -0.2) is 9.36 Å². The number of nitrogens with zero attached hydrogens (tertiary/aromatic N) is 1. The van der Waals surface area contributed by atoms with E-state index in [0.29, 0.717) is 12.2 Å². The first-order valence-corrected chi connectivity index (χ1v) is 7.52. The van der Waals surface area contributed by atoms with Crippen LogP contribution in [0.2, 0.25) is 0 Å². The molecule has 0 bridgehead atoms. The number of aryl methyl sites for hydroxylation is 1. The Bertz CT molecular complexity index is 599. The standard InChI is InChI=1S/C18H22NO2.HI/c1-3-5-13-21-18(20)17-14-19(4-2)12-11-16(17)15-9-7-6-8-10-15;/h6-12,14H,3-5,13H2,1-2H3;1H/q+1;/p-1. The van der Waals surface area contributed by atoms with Crippen LogP contribution in [0, 0.1) is 0 Å². The van der Waals surface area contributed by atoms with Crippen LogP contribution in [0.4, 0.5) is 0 Å². The molecule has 0 aliphatic carbocycles. The van der Waals surface area contributed by atoms with Gasteiger partial charge in [-0.2, -0.15) is 0 Å². The quantitative estimate of drug-likeness (QED) is 0.302. The van der Waals surface area contributed by atoms with Gasteiger partial charge in [0.05, 0.1) is 6.61 Å². The van der Waals surface area contributed by atoms with E-state index < -0.39 is 0 Å². The van der Waals surface area contributed by atoms with E-state index in [-0.39, 0.29) is 29.9 Å². The number of pyridine rings is 1. The molecule has 1 aromatic carbocycles. The second kappa shape index (κ2) is 9.56. The van der Waals surface area contributed by atoms with Crippen LogP contribution in [0.5, 0.6) is 0 Å². The third-order valence-electron chi connectivity index (χ3n) is 3.42. The lowest BCUT2D eigenvalue weighted by Crippen LogP contribution is -3.00. The minimum atomic E-state index is -0.245. The van der Waals surface area contributed by atoms with Crippen LogP contribution in [0.15, 0.2) is 48.8 Å². The molecule has 0 fully saturated rings. The molecule has 1 heterocycles. The van der Waals surface area contributed by atoms with Gasteiger partial charge in [-0.15, -0.1) is 0 Å². The fourth-order valence-electron chi connectivity index (χ4n) is 2.15. The first-order chi connectivity index (χ1) is 10.3. The topological polar surface area (TPSA) is 30.2 Å². The van der Waals surface area contributed by atoms with Crippen molar-refractivity contribution >= 4 is 5.97 Å². The number of carbonyl (C=O) groups excluding carboxylic acids is 1. The maximum Gasteiger partial charge on any atom is 0.344 e. The Balaban J connectivity index is 0.00000242. The van der Waals surface area contributed by atoms with Crippen LogP contribution < -0.4 is 28.5 Å². The van der Waals surface area contributed by atoms with Crippen LogP contribution in [0.3, 0.4) is 0 Å². The molecule has 0 saturated heterocycles. The fourth-order valence-corrected chi connectivity index (χ4v) is 2.15. The van der Waals surface area contributed by atoms with Crippen molar-refractivity contribution in [2.75, 3.05) is 6.61 Å². The SMILES string of the molecule is CCCCOC(=O)c1c[n+](CC)ccc1-c1ccccc1.[I-]. The summed E-state index contributed by atoms with van der Waals surface area (Å²) in [6.45, 7) is 5.43. The lowest BCUT2D eigenvalue weighted by Gasteiger charge is -2.08. The van der Waals surface area contributed by atoms with Crippen molar-refractivity contribution in [3.63, 3.8) is 0 Å². The van der Waals surface area contributed by atoms with Crippen LogP contribution in [-0.4, -0.2) is 12.6 Å². The number of hydrogen-bond acceptors (Lipinski definition) is 2. The van der Waals surface area contributed by atoms with Gasteiger partial charge in [-0.05, 0) is 18.9 Å². The third kappa shape index (κ3) is 4.80. The molecule has 0 atom stereocenters. The van der Waals surface area contributed by atoms with E-state index in [9.17, 15) is 4.79 Å². The highest BCUT2D eigenvalue weighted by Gasteiger charge is 2.18. The predicted molar refractivity (Wildman–Crippen MR) is 82.9 cm³/mol. The van der Waals surface area contributed by atoms with Gasteiger partial charge in [0.25, 0.3) is 0 Å². The maximum absolute atomic E-state index is 12.3. The summed E-state index contributed by atoms with van der Waals surface area (Å²) in [7, 11) is 0. The number of aromatic nitrogens is 1. The van der Waals surface area contributed by atoms with Crippen molar-refractivity contribution in [1.82, 2.24) is 0 Å². The molecular weight excluding hydrogens is 389 g/mol. The van der Waals surface area contributed by atoms with Gasteiger partial charge in [0.15, 0.2) is 12.4 Å². The summed E-state index contributed by atoms with van der Waals surface area (Å²) in [5, 5.41) is 0. The van der Waals surface area contributed by atoms with Crippen LogP contribution >= 0.6 is 0 Å². The van der Waals surface area contributed by atoms with Crippen LogP contribution in [0.25, 0.3) is 11.1 Å². The lowest BCUT2D eigenvalue weighted by molar-refractivity contribution is -0.693. The largest absolute Gasteiger partial charge is 1.00 e. The number of esters is 1. The molecule has 22 heavy (non-hydrogen) atoms. The Morgan fingerprint density at radius 3 is 2.50 bits per heavy atom. The predicted octanol–water partition coefficient (Wildman–Crippen LogP) is 0.622. The molecule has 0 aliphatic heterocycles. The summed E-state index contributed by atoms with van der Waals surface area (Å²) >= 11 is 0. The smallest absolute Gasteiger partial charge is 0.344 e. The molecule has 118 valence electrons. The van der Waals surface area contributed by atoms with Crippen molar-refractivity contribution in [2.45, 2.75) is 33.2 Å². The molecule has 0 saturated carbocycles. The number of halogens is 1. The Kier molecular flexibility index (Phi) is 8.09. The average Bonchev–Trinajstić information content (AvgIpc) is 2.55. The van der Waals surface area contributed by atoms with Crippen molar-refractivity contribution < 1.29 is 38.1 Å². The van der Waals surface area contributed by atoms with E-state index in [1.54, 1.807) is 0 Å². The van der Waals surface area contributed by atoms with E-state index >= 15 is 0 Å². The van der Waals surface area contributed by atoms with Gasteiger partial charge in [0.1, 0.15) is 12.1 Å². The molecule has 4 heteroatoms. The molecule has 0 radical (unpaired) electrons. The van der Waals surface area contributed by atoms with Gasteiger partial charge in [0.2, 0.25) is 0 Å².